The van der Waals surface area contributed by atoms with Gasteiger partial charge in [-0.3, -0.25) is 0 Å². The first kappa shape index (κ1) is 17.3. The van der Waals surface area contributed by atoms with E-state index < -0.39 is 30.2 Å². The molecule has 0 aliphatic rings. The summed E-state index contributed by atoms with van der Waals surface area (Å²) in [5, 5.41) is 0. The van der Waals surface area contributed by atoms with E-state index in [-0.39, 0.29) is 6.42 Å². The Morgan fingerprint density at radius 3 is 1.50 bits per heavy atom. The van der Waals surface area contributed by atoms with E-state index in [1.165, 1.54) is 6.92 Å². The van der Waals surface area contributed by atoms with Crippen LogP contribution >= 0.6 is 0 Å². The van der Waals surface area contributed by atoms with Gasteiger partial charge in [-0.05, 0) is 13.3 Å². The van der Waals surface area contributed by atoms with E-state index in [2.05, 4.69) is 4.74 Å². The Bertz CT molecular complexity index is 283. The SMILES string of the molecule is CCC(C)OC(F)(F)C(F)(F)C(F)(F)C(F)(F)F. The normalized spacial score (nSPS) is 16.8. The topological polar surface area (TPSA) is 9.23 Å². The van der Waals surface area contributed by atoms with Gasteiger partial charge in [0.1, 0.15) is 0 Å². The molecule has 0 aromatic heterocycles. The standard InChI is InChI=1S/C8H9F9O/c1-3-4(2)18-8(16,17)6(11,12)5(9,10)7(13,14)15/h4H,3H2,1-2H3. The second kappa shape index (κ2) is 4.78. The molecule has 0 fully saturated rings. The third-order valence-corrected chi connectivity index (χ3v) is 2.04. The van der Waals surface area contributed by atoms with Gasteiger partial charge in [0, 0.05) is 0 Å². The second-order valence-electron chi connectivity index (χ2n) is 3.50. The van der Waals surface area contributed by atoms with Crippen molar-refractivity contribution in [3.8, 4) is 0 Å². The average molecular weight is 292 g/mol. The maximum Gasteiger partial charge on any atom is 0.460 e. The van der Waals surface area contributed by atoms with Crippen LogP contribution in [-0.2, 0) is 4.74 Å². The largest absolute Gasteiger partial charge is 0.460 e. The Hall–Kier alpha value is -0.670. The van der Waals surface area contributed by atoms with Crippen molar-refractivity contribution >= 4 is 0 Å². The lowest BCUT2D eigenvalue weighted by Crippen LogP contribution is -2.62. The van der Waals surface area contributed by atoms with Gasteiger partial charge in [0.2, 0.25) is 0 Å². The summed E-state index contributed by atoms with van der Waals surface area (Å²) in [5.74, 6) is -13.6. The molecule has 0 aliphatic heterocycles. The Balaban J connectivity index is 5.36. The van der Waals surface area contributed by atoms with Crippen LogP contribution in [0, 0.1) is 0 Å². The summed E-state index contributed by atoms with van der Waals surface area (Å²) in [6.07, 6.45) is -14.7. The summed E-state index contributed by atoms with van der Waals surface area (Å²) in [4.78, 5) is 0. The van der Waals surface area contributed by atoms with Gasteiger partial charge >= 0.3 is 24.1 Å². The number of hydrogen-bond acceptors (Lipinski definition) is 1. The summed E-state index contributed by atoms with van der Waals surface area (Å²) < 4.78 is 114. The van der Waals surface area contributed by atoms with Gasteiger partial charge in [-0.2, -0.15) is 39.5 Å². The number of alkyl halides is 9. The number of halogens is 9. The number of ether oxygens (including phenoxy) is 1. The minimum absolute atomic E-state index is 0.275. The van der Waals surface area contributed by atoms with Crippen molar-refractivity contribution in [1.29, 1.82) is 0 Å². The van der Waals surface area contributed by atoms with E-state index in [1.54, 1.807) is 0 Å². The van der Waals surface area contributed by atoms with Crippen LogP contribution in [0.5, 0.6) is 0 Å². The molecule has 1 nitrogen and oxygen atoms in total. The lowest BCUT2D eigenvalue weighted by Gasteiger charge is -2.34. The molecule has 1 unspecified atom stereocenters. The molecule has 0 aromatic rings. The van der Waals surface area contributed by atoms with Crippen LogP contribution in [0.4, 0.5) is 39.5 Å². The molecule has 0 saturated heterocycles. The number of rotatable bonds is 5. The third-order valence-electron chi connectivity index (χ3n) is 2.04. The molecule has 1 atom stereocenters. The van der Waals surface area contributed by atoms with Crippen molar-refractivity contribution in [2.75, 3.05) is 0 Å². The second-order valence-corrected chi connectivity index (χ2v) is 3.50. The molecule has 0 saturated carbocycles. The van der Waals surface area contributed by atoms with Gasteiger partial charge in [-0.1, -0.05) is 6.92 Å². The molecule has 0 rings (SSSR count). The van der Waals surface area contributed by atoms with E-state index in [4.69, 9.17) is 0 Å². The Labute approximate surface area is 95.9 Å². The maximum atomic E-state index is 12.7. The molecule has 0 spiro atoms. The van der Waals surface area contributed by atoms with Gasteiger partial charge < -0.3 is 4.74 Å². The average Bonchev–Trinajstić information content (AvgIpc) is 2.14. The van der Waals surface area contributed by atoms with Crippen molar-refractivity contribution in [2.45, 2.75) is 50.5 Å². The highest BCUT2D eigenvalue weighted by atomic mass is 19.4. The van der Waals surface area contributed by atoms with Crippen LogP contribution in [0.25, 0.3) is 0 Å². The van der Waals surface area contributed by atoms with Gasteiger partial charge in [-0.25, -0.2) is 0 Å². The van der Waals surface area contributed by atoms with Crippen LogP contribution in [0.2, 0.25) is 0 Å². The highest BCUT2D eigenvalue weighted by Crippen LogP contribution is 2.53. The van der Waals surface area contributed by atoms with Gasteiger partial charge in [0.25, 0.3) is 0 Å². The monoisotopic (exact) mass is 292 g/mol. The van der Waals surface area contributed by atoms with Crippen molar-refractivity contribution in [2.24, 2.45) is 0 Å². The summed E-state index contributed by atoms with van der Waals surface area (Å²) in [6.45, 7) is 2.02. The molecule has 0 heterocycles. The van der Waals surface area contributed by atoms with Crippen molar-refractivity contribution in [3.63, 3.8) is 0 Å². The molecule has 0 radical (unpaired) electrons. The lowest BCUT2D eigenvalue weighted by molar-refractivity contribution is -0.449. The molecule has 10 heteroatoms. The quantitative estimate of drug-likeness (QED) is 0.689. The van der Waals surface area contributed by atoms with Crippen LogP contribution in [0.15, 0.2) is 0 Å². The van der Waals surface area contributed by atoms with Crippen molar-refractivity contribution in [3.05, 3.63) is 0 Å². The van der Waals surface area contributed by atoms with E-state index in [9.17, 15) is 39.5 Å². The predicted octanol–water partition coefficient (Wildman–Crippen LogP) is 4.23. The molecule has 18 heavy (non-hydrogen) atoms. The highest BCUT2D eigenvalue weighted by molar-refractivity contribution is 4.96. The first-order valence-electron chi connectivity index (χ1n) is 4.58. The molecular formula is C8H9F9O. The van der Waals surface area contributed by atoms with Crippen LogP contribution in [-0.4, -0.2) is 30.2 Å². The van der Waals surface area contributed by atoms with E-state index in [1.807, 2.05) is 0 Å². The smallest absolute Gasteiger partial charge is 0.312 e. The van der Waals surface area contributed by atoms with Gasteiger partial charge in [0.15, 0.2) is 0 Å². The van der Waals surface area contributed by atoms with Crippen LogP contribution in [0.3, 0.4) is 0 Å². The predicted molar refractivity (Wildman–Crippen MR) is 41.7 cm³/mol. The zero-order valence-corrected chi connectivity index (χ0v) is 9.09. The number of hydrogen-bond donors (Lipinski definition) is 0. The van der Waals surface area contributed by atoms with Crippen LogP contribution < -0.4 is 0 Å². The fourth-order valence-electron chi connectivity index (χ4n) is 0.771. The minimum atomic E-state index is -6.91. The first-order chi connectivity index (χ1) is 7.70. The van der Waals surface area contributed by atoms with Gasteiger partial charge in [-0.15, -0.1) is 0 Å². The maximum absolute atomic E-state index is 12.7. The fraction of sp³-hybridized carbons (Fsp3) is 1.00. The summed E-state index contributed by atoms with van der Waals surface area (Å²) in [6, 6.07) is 0. The first-order valence-corrected chi connectivity index (χ1v) is 4.58. The molecule has 110 valence electrons. The Kier molecular flexibility index (Phi) is 4.60. The molecule has 0 aliphatic carbocycles. The Morgan fingerprint density at radius 2 is 1.22 bits per heavy atom. The summed E-state index contributed by atoms with van der Waals surface area (Å²) >= 11 is 0. The highest BCUT2D eigenvalue weighted by Gasteiger charge is 2.82. The lowest BCUT2D eigenvalue weighted by atomic mass is 10.1. The summed E-state index contributed by atoms with van der Waals surface area (Å²) in [7, 11) is 0. The molecular weight excluding hydrogens is 283 g/mol. The van der Waals surface area contributed by atoms with E-state index in [0.29, 0.717) is 0 Å². The molecule has 0 aromatic carbocycles. The van der Waals surface area contributed by atoms with E-state index in [0.717, 1.165) is 6.92 Å². The fourth-order valence-corrected chi connectivity index (χ4v) is 0.771. The minimum Gasteiger partial charge on any atom is -0.312 e. The molecule has 0 amide bonds. The van der Waals surface area contributed by atoms with Crippen LogP contribution in [0.1, 0.15) is 20.3 Å². The van der Waals surface area contributed by atoms with Crippen molar-refractivity contribution in [1.82, 2.24) is 0 Å². The van der Waals surface area contributed by atoms with Gasteiger partial charge in [0.05, 0.1) is 6.10 Å². The van der Waals surface area contributed by atoms with Crippen molar-refractivity contribution < 1.29 is 44.3 Å². The molecule has 0 N–H and O–H groups in total. The zero-order chi connectivity index (χ0) is 15.0. The zero-order valence-electron chi connectivity index (χ0n) is 9.09. The Morgan fingerprint density at radius 1 is 0.833 bits per heavy atom. The third kappa shape index (κ3) is 2.83. The van der Waals surface area contributed by atoms with E-state index >= 15 is 0 Å². The summed E-state index contributed by atoms with van der Waals surface area (Å²) in [5.41, 5.74) is 0. The molecule has 0 bridgehead atoms.